The molecule has 0 bridgehead atoms. The number of methoxy groups -OCH3 is 2. The van der Waals surface area contributed by atoms with E-state index in [1.807, 2.05) is 0 Å². The molecule has 0 aromatic carbocycles. The highest BCUT2D eigenvalue weighted by Crippen LogP contribution is 2.11. The van der Waals surface area contributed by atoms with Crippen molar-refractivity contribution in [2.45, 2.75) is 6.04 Å². The zero-order chi connectivity index (χ0) is 13.4. The normalized spacial score (nSPS) is 19.7. The number of rotatable bonds is 6. The molecule has 1 rings (SSSR count). The molecule has 1 fully saturated rings. The largest absolute Gasteiger partial charge is 0.467 e. The fourth-order valence-electron chi connectivity index (χ4n) is 1.62. The van der Waals surface area contributed by atoms with Crippen molar-refractivity contribution in [3.63, 3.8) is 0 Å². The van der Waals surface area contributed by atoms with Gasteiger partial charge in [0, 0.05) is 19.4 Å². The van der Waals surface area contributed by atoms with Gasteiger partial charge in [-0.3, -0.25) is 4.79 Å². The van der Waals surface area contributed by atoms with Crippen molar-refractivity contribution in [2.75, 3.05) is 52.1 Å². The van der Waals surface area contributed by atoms with Gasteiger partial charge in [-0.25, -0.2) is 4.79 Å². The molecule has 1 atom stereocenters. The Kier molecular flexibility index (Phi) is 7.07. The summed E-state index contributed by atoms with van der Waals surface area (Å²) < 4.78 is 14.8. The van der Waals surface area contributed by atoms with Gasteiger partial charge in [-0.1, -0.05) is 0 Å². The van der Waals surface area contributed by atoms with Crippen molar-refractivity contribution in [3.05, 3.63) is 0 Å². The number of amides is 1. The highest BCUT2D eigenvalue weighted by atomic mass is 32.2. The van der Waals surface area contributed by atoms with E-state index in [4.69, 9.17) is 9.47 Å². The average Bonchev–Trinajstić information content (AvgIpc) is 2.42. The number of morpholine rings is 1. The first-order chi connectivity index (χ1) is 8.70. The highest BCUT2D eigenvalue weighted by Gasteiger charge is 2.33. The van der Waals surface area contributed by atoms with Gasteiger partial charge in [-0.2, -0.15) is 0 Å². The standard InChI is InChI=1S/C11H19NO5S/c1-15-5-6-18-8-10(13)12-3-4-17-7-9(12)11(14)16-2/h9H,3-8H2,1-2H3. The molecule has 1 saturated heterocycles. The average molecular weight is 277 g/mol. The summed E-state index contributed by atoms with van der Waals surface area (Å²) in [5, 5.41) is 0. The fraction of sp³-hybridized carbons (Fsp3) is 0.818. The van der Waals surface area contributed by atoms with E-state index >= 15 is 0 Å². The number of hydrogen-bond acceptors (Lipinski definition) is 6. The summed E-state index contributed by atoms with van der Waals surface area (Å²) >= 11 is 1.49. The molecular weight excluding hydrogens is 258 g/mol. The lowest BCUT2D eigenvalue weighted by atomic mass is 10.2. The third kappa shape index (κ3) is 4.47. The molecule has 0 aromatic heterocycles. The van der Waals surface area contributed by atoms with Crippen molar-refractivity contribution < 1.29 is 23.8 Å². The minimum absolute atomic E-state index is 0.0604. The molecule has 18 heavy (non-hydrogen) atoms. The van der Waals surface area contributed by atoms with Crippen molar-refractivity contribution >= 4 is 23.6 Å². The van der Waals surface area contributed by atoms with Crippen LogP contribution in [0.15, 0.2) is 0 Å². The number of nitrogens with zero attached hydrogens (tertiary/aromatic N) is 1. The Labute approximate surface area is 111 Å². The zero-order valence-electron chi connectivity index (χ0n) is 10.7. The third-order valence-corrected chi connectivity index (χ3v) is 3.49. The van der Waals surface area contributed by atoms with E-state index in [2.05, 4.69) is 4.74 Å². The second kappa shape index (κ2) is 8.34. The Hall–Kier alpha value is -0.790. The van der Waals surface area contributed by atoms with E-state index in [-0.39, 0.29) is 12.5 Å². The van der Waals surface area contributed by atoms with Gasteiger partial charge in [0.05, 0.1) is 32.7 Å². The van der Waals surface area contributed by atoms with Crippen molar-refractivity contribution in [2.24, 2.45) is 0 Å². The van der Waals surface area contributed by atoms with Crippen molar-refractivity contribution in [1.82, 2.24) is 4.90 Å². The fourth-order valence-corrected chi connectivity index (χ4v) is 2.39. The van der Waals surface area contributed by atoms with E-state index in [0.29, 0.717) is 25.5 Å². The quantitative estimate of drug-likeness (QED) is 0.493. The first-order valence-corrected chi connectivity index (χ1v) is 6.88. The first-order valence-electron chi connectivity index (χ1n) is 5.72. The maximum absolute atomic E-state index is 12.0. The van der Waals surface area contributed by atoms with Crippen LogP contribution in [-0.4, -0.2) is 74.9 Å². The van der Waals surface area contributed by atoms with Gasteiger partial charge in [-0.15, -0.1) is 11.8 Å². The molecule has 0 radical (unpaired) electrons. The summed E-state index contributed by atoms with van der Waals surface area (Å²) in [5.74, 6) is 0.617. The molecule has 1 amide bonds. The molecule has 1 aliphatic rings. The smallest absolute Gasteiger partial charge is 0.331 e. The van der Waals surface area contributed by atoms with Crippen molar-refractivity contribution in [1.29, 1.82) is 0 Å². The van der Waals surface area contributed by atoms with Crippen LogP contribution in [-0.2, 0) is 23.8 Å². The predicted octanol–water partition coefficient (Wildman–Crippen LogP) is -0.234. The second-order valence-corrected chi connectivity index (χ2v) is 4.85. The van der Waals surface area contributed by atoms with Gasteiger partial charge in [0.15, 0.2) is 6.04 Å². The van der Waals surface area contributed by atoms with Gasteiger partial charge in [0.1, 0.15) is 0 Å². The van der Waals surface area contributed by atoms with E-state index in [9.17, 15) is 9.59 Å². The molecule has 1 heterocycles. The van der Waals surface area contributed by atoms with E-state index < -0.39 is 12.0 Å². The highest BCUT2D eigenvalue weighted by molar-refractivity contribution is 7.99. The molecule has 0 aliphatic carbocycles. The summed E-state index contributed by atoms with van der Waals surface area (Å²) in [6.45, 7) is 1.72. The molecule has 0 spiro atoms. The number of carbonyl (C=O) groups is 2. The van der Waals surface area contributed by atoms with Crippen LogP contribution in [0.25, 0.3) is 0 Å². The van der Waals surface area contributed by atoms with Crippen LogP contribution in [0.5, 0.6) is 0 Å². The van der Waals surface area contributed by atoms with Crippen LogP contribution in [0.1, 0.15) is 0 Å². The number of esters is 1. The Morgan fingerprint density at radius 3 is 2.89 bits per heavy atom. The summed E-state index contributed by atoms with van der Waals surface area (Å²) in [5.41, 5.74) is 0. The lowest BCUT2D eigenvalue weighted by molar-refractivity contribution is -0.159. The van der Waals surface area contributed by atoms with Crippen LogP contribution < -0.4 is 0 Å². The van der Waals surface area contributed by atoms with Gasteiger partial charge < -0.3 is 19.1 Å². The van der Waals surface area contributed by atoms with Gasteiger partial charge >= 0.3 is 5.97 Å². The molecule has 1 aliphatic heterocycles. The lowest BCUT2D eigenvalue weighted by Gasteiger charge is -2.33. The lowest BCUT2D eigenvalue weighted by Crippen LogP contribution is -2.53. The maximum atomic E-state index is 12.0. The molecule has 0 aromatic rings. The Morgan fingerprint density at radius 1 is 1.44 bits per heavy atom. The zero-order valence-corrected chi connectivity index (χ0v) is 11.5. The summed E-state index contributed by atoms with van der Waals surface area (Å²) in [6, 6.07) is -0.612. The van der Waals surface area contributed by atoms with Crippen LogP contribution in [0, 0.1) is 0 Å². The van der Waals surface area contributed by atoms with Gasteiger partial charge in [0.25, 0.3) is 0 Å². The predicted molar refractivity (Wildman–Crippen MR) is 67.5 cm³/mol. The maximum Gasteiger partial charge on any atom is 0.331 e. The molecular formula is C11H19NO5S. The van der Waals surface area contributed by atoms with Gasteiger partial charge in [0.2, 0.25) is 5.91 Å². The number of hydrogen-bond donors (Lipinski definition) is 0. The molecule has 0 N–H and O–H groups in total. The van der Waals surface area contributed by atoms with E-state index in [0.717, 1.165) is 5.75 Å². The van der Waals surface area contributed by atoms with Crippen LogP contribution in [0.4, 0.5) is 0 Å². The topological polar surface area (TPSA) is 65.1 Å². The second-order valence-electron chi connectivity index (χ2n) is 3.75. The summed E-state index contributed by atoms with van der Waals surface area (Å²) in [4.78, 5) is 25.1. The number of carbonyl (C=O) groups excluding carboxylic acids is 2. The van der Waals surface area contributed by atoms with Gasteiger partial charge in [-0.05, 0) is 0 Å². The SMILES string of the molecule is COCCSCC(=O)N1CCOCC1C(=O)OC. The van der Waals surface area contributed by atoms with E-state index in [1.54, 1.807) is 7.11 Å². The summed E-state index contributed by atoms with van der Waals surface area (Å²) in [7, 11) is 2.94. The first kappa shape index (κ1) is 15.3. The monoisotopic (exact) mass is 277 g/mol. The molecule has 0 saturated carbocycles. The Morgan fingerprint density at radius 2 is 2.22 bits per heavy atom. The van der Waals surface area contributed by atoms with Crippen LogP contribution in [0.3, 0.4) is 0 Å². The van der Waals surface area contributed by atoms with Crippen LogP contribution >= 0.6 is 11.8 Å². The molecule has 1 unspecified atom stereocenters. The minimum Gasteiger partial charge on any atom is -0.467 e. The summed E-state index contributed by atoms with van der Waals surface area (Å²) in [6.07, 6.45) is 0. The number of ether oxygens (including phenoxy) is 3. The van der Waals surface area contributed by atoms with E-state index in [1.165, 1.54) is 23.8 Å². The molecule has 7 heteroatoms. The molecule has 6 nitrogen and oxygen atoms in total. The Balaban J connectivity index is 2.44. The van der Waals surface area contributed by atoms with Crippen LogP contribution in [0.2, 0.25) is 0 Å². The minimum atomic E-state index is -0.612. The van der Waals surface area contributed by atoms with Crippen molar-refractivity contribution in [3.8, 4) is 0 Å². The number of thioether (sulfide) groups is 1. The third-order valence-electron chi connectivity index (χ3n) is 2.58. The molecule has 104 valence electrons. The Bertz CT molecular complexity index is 287.